The lowest BCUT2D eigenvalue weighted by molar-refractivity contribution is 0.0689. The van der Waals surface area contributed by atoms with Crippen LogP contribution in [0.4, 0.5) is 4.39 Å². The number of carboxylic acid groups (broad SMARTS) is 1. The molecule has 1 atom stereocenters. The minimum Gasteiger partial charge on any atom is -0.476 e. The van der Waals surface area contributed by atoms with Crippen molar-refractivity contribution in [3.63, 3.8) is 0 Å². The highest BCUT2D eigenvalue weighted by Gasteiger charge is 2.28. The predicted molar refractivity (Wildman–Crippen MR) is 70.9 cm³/mol. The van der Waals surface area contributed by atoms with Crippen LogP contribution < -0.4 is 5.73 Å². The van der Waals surface area contributed by atoms with Crippen LogP contribution in [0.5, 0.6) is 0 Å². The summed E-state index contributed by atoms with van der Waals surface area (Å²) < 4.78 is 15.7. The molecule has 1 aliphatic rings. The molecule has 0 amide bonds. The van der Waals surface area contributed by atoms with Crippen LogP contribution in [-0.2, 0) is 13.0 Å². The van der Waals surface area contributed by atoms with Gasteiger partial charge in [-0.05, 0) is 25.0 Å². The van der Waals surface area contributed by atoms with Gasteiger partial charge in [-0.2, -0.15) is 0 Å². The molecule has 1 aromatic heterocycles. The average molecular weight is 275 g/mol. The Morgan fingerprint density at radius 2 is 2.20 bits per heavy atom. The Bertz CT molecular complexity index is 681. The molecule has 1 unspecified atom stereocenters. The number of hydrogen-bond acceptors (Lipinski definition) is 3. The van der Waals surface area contributed by atoms with E-state index < -0.39 is 11.8 Å². The molecular weight excluding hydrogens is 261 g/mol. The van der Waals surface area contributed by atoms with Gasteiger partial charge >= 0.3 is 5.97 Å². The smallest absolute Gasteiger partial charge is 0.356 e. The van der Waals surface area contributed by atoms with Crippen LogP contribution in [0.3, 0.4) is 0 Å². The molecule has 1 aliphatic heterocycles. The zero-order valence-electron chi connectivity index (χ0n) is 10.7. The SMILES string of the molecule is NC1CCc2c(C(=O)O)nc(-c3ccccc3F)n2C1. The Labute approximate surface area is 114 Å². The summed E-state index contributed by atoms with van der Waals surface area (Å²) in [5.41, 5.74) is 6.85. The summed E-state index contributed by atoms with van der Waals surface area (Å²) in [5, 5.41) is 9.24. The van der Waals surface area contributed by atoms with Gasteiger partial charge in [-0.1, -0.05) is 12.1 Å². The maximum atomic E-state index is 13.9. The Kier molecular flexibility index (Phi) is 3.02. The second-order valence-electron chi connectivity index (χ2n) is 4.93. The third-order valence-corrected chi connectivity index (χ3v) is 3.56. The third kappa shape index (κ3) is 1.98. The quantitative estimate of drug-likeness (QED) is 0.873. The molecule has 0 bridgehead atoms. The van der Waals surface area contributed by atoms with E-state index >= 15 is 0 Å². The number of halogens is 1. The van der Waals surface area contributed by atoms with Gasteiger partial charge in [-0.15, -0.1) is 0 Å². The number of benzene rings is 1. The van der Waals surface area contributed by atoms with Gasteiger partial charge in [0, 0.05) is 12.6 Å². The molecule has 1 aromatic carbocycles. The summed E-state index contributed by atoms with van der Waals surface area (Å²) in [5.74, 6) is -1.17. The number of rotatable bonds is 2. The lowest BCUT2D eigenvalue weighted by Crippen LogP contribution is -2.32. The zero-order chi connectivity index (χ0) is 14.3. The normalized spacial score (nSPS) is 17.8. The average Bonchev–Trinajstić information content (AvgIpc) is 2.78. The monoisotopic (exact) mass is 275 g/mol. The summed E-state index contributed by atoms with van der Waals surface area (Å²) >= 11 is 0. The molecule has 6 heteroatoms. The van der Waals surface area contributed by atoms with Crippen molar-refractivity contribution in [2.24, 2.45) is 5.73 Å². The zero-order valence-corrected chi connectivity index (χ0v) is 10.7. The lowest BCUT2D eigenvalue weighted by Gasteiger charge is -2.22. The summed E-state index contributed by atoms with van der Waals surface area (Å²) in [7, 11) is 0. The molecule has 2 heterocycles. The Morgan fingerprint density at radius 3 is 2.90 bits per heavy atom. The molecule has 20 heavy (non-hydrogen) atoms. The highest BCUT2D eigenvalue weighted by Crippen LogP contribution is 2.28. The van der Waals surface area contributed by atoms with Gasteiger partial charge in [0.05, 0.1) is 11.3 Å². The number of aromatic carboxylic acids is 1. The van der Waals surface area contributed by atoms with Crippen molar-refractivity contribution in [3.8, 4) is 11.4 Å². The highest BCUT2D eigenvalue weighted by molar-refractivity contribution is 5.88. The number of carbonyl (C=O) groups is 1. The number of fused-ring (bicyclic) bond motifs is 1. The molecule has 0 radical (unpaired) electrons. The lowest BCUT2D eigenvalue weighted by atomic mass is 10.0. The fourth-order valence-electron chi connectivity index (χ4n) is 2.60. The van der Waals surface area contributed by atoms with E-state index in [-0.39, 0.29) is 11.7 Å². The van der Waals surface area contributed by atoms with Gasteiger partial charge in [0.1, 0.15) is 11.6 Å². The van der Waals surface area contributed by atoms with E-state index in [0.717, 1.165) is 0 Å². The number of nitrogens with two attached hydrogens (primary N) is 1. The second-order valence-corrected chi connectivity index (χ2v) is 4.93. The fraction of sp³-hybridized carbons (Fsp3) is 0.286. The van der Waals surface area contributed by atoms with Crippen molar-refractivity contribution in [3.05, 3.63) is 41.5 Å². The number of nitrogens with zero attached hydrogens (tertiary/aromatic N) is 2. The molecule has 2 aromatic rings. The van der Waals surface area contributed by atoms with Crippen molar-refractivity contribution < 1.29 is 14.3 Å². The van der Waals surface area contributed by atoms with E-state index in [0.29, 0.717) is 36.5 Å². The van der Waals surface area contributed by atoms with Crippen LogP contribution in [-0.4, -0.2) is 26.7 Å². The van der Waals surface area contributed by atoms with Gasteiger partial charge in [0.2, 0.25) is 0 Å². The molecule has 0 saturated heterocycles. The highest BCUT2D eigenvalue weighted by atomic mass is 19.1. The summed E-state index contributed by atoms with van der Waals surface area (Å²) in [6.45, 7) is 0.458. The predicted octanol–water partition coefficient (Wildman–Crippen LogP) is 1.66. The van der Waals surface area contributed by atoms with Crippen LogP contribution >= 0.6 is 0 Å². The number of hydrogen-bond donors (Lipinski definition) is 2. The van der Waals surface area contributed by atoms with E-state index in [1.54, 1.807) is 22.8 Å². The molecule has 3 N–H and O–H groups in total. The maximum absolute atomic E-state index is 13.9. The summed E-state index contributed by atoms with van der Waals surface area (Å²) in [6.07, 6.45) is 1.26. The molecule has 3 rings (SSSR count). The van der Waals surface area contributed by atoms with E-state index in [9.17, 15) is 14.3 Å². The van der Waals surface area contributed by atoms with Gasteiger partial charge in [-0.3, -0.25) is 0 Å². The Balaban J connectivity index is 2.21. The van der Waals surface area contributed by atoms with E-state index in [4.69, 9.17) is 5.73 Å². The van der Waals surface area contributed by atoms with Crippen molar-refractivity contribution in [1.29, 1.82) is 0 Å². The standard InChI is InChI=1S/C14H14FN3O2/c15-10-4-2-1-3-9(10)13-17-12(14(19)20)11-6-5-8(16)7-18(11)13/h1-4,8H,5-7,16H2,(H,19,20). The molecule has 5 nitrogen and oxygen atoms in total. The first kappa shape index (κ1) is 12.8. The summed E-state index contributed by atoms with van der Waals surface area (Å²) in [6, 6.07) is 6.15. The first-order valence-electron chi connectivity index (χ1n) is 6.41. The van der Waals surface area contributed by atoms with E-state index in [1.165, 1.54) is 6.07 Å². The number of carboxylic acids is 1. The van der Waals surface area contributed by atoms with Crippen LogP contribution in [0.1, 0.15) is 22.6 Å². The van der Waals surface area contributed by atoms with E-state index in [2.05, 4.69) is 4.98 Å². The molecule has 0 fully saturated rings. The molecule has 0 saturated carbocycles. The van der Waals surface area contributed by atoms with Gasteiger partial charge < -0.3 is 15.4 Å². The minimum absolute atomic E-state index is 0.00449. The van der Waals surface area contributed by atoms with Crippen LogP contribution in [0.25, 0.3) is 11.4 Å². The topological polar surface area (TPSA) is 81.1 Å². The third-order valence-electron chi connectivity index (χ3n) is 3.56. The molecular formula is C14H14FN3O2. The molecule has 104 valence electrons. The number of imidazole rings is 1. The van der Waals surface area contributed by atoms with Gasteiger partial charge in [-0.25, -0.2) is 14.2 Å². The Hall–Kier alpha value is -2.21. The largest absolute Gasteiger partial charge is 0.476 e. The van der Waals surface area contributed by atoms with Crippen LogP contribution in [0.15, 0.2) is 24.3 Å². The number of aromatic nitrogens is 2. The molecule has 0 aliphatic carbocycles. The molecule has 0 spiro atoms. The fourth-order valence-corrected chi connectivity index (χ4v) is 2.60. The van der Waals surface area contributed by atoms with Gasteiger partial charge in [0.25, 0.3) is 0 Å². The first-order chi connectivity index (χ1) is 9.58. The van der Waals surface area contributed by atoms with Crippen molar-refractivity contribution in [1.82, 2.24) is 9.55 Å². The maximum Gasteiger partial charge on any atom is 0.356 e. The van der Waals surface area contributed by atoms with Gasteiger partial charge in [0.15, 0.2) is 5.69 Å². The summed E-state index contributed by atoms with van der Waals surface area (Å²) in [4.78, 5) is 15.4. The van der Waals surface area contributed by atoms with Crippen molar-refractivity contribution in [2.45, 2.75) is 25.4 Å². The first-order valence-corrected chi connectivity index (χ1v) is 6.41. The van der Waals surface area contributed by atoms with Crippen LogP contribution in [0, 0.1) is 5.82 Å². The van der Waals surface area contributed by atoms with Crippen molar-refractivity contribution >= 4 is 5.97 Å². The Morgan fingerprint density at radius 1 is 1.45 bits per heavy atom. The van der Waals surface area contributed by atoms with Crippen LogP contribution in [0.2, 0.25) is 0 Å². The van der Waals surface area contributed by atoms with Crippen molar-refractivity contribution in [2.75, 3.05) is 0 Å². The minimum atomic E-state index is -1.09. The second kappa shape index (κ2) is 4.72. The van der Waals surface area contributed by atoms with E-state index in [1.807, 2.05) is 0 Å².